The van der Waals surface area contributed by atoms with Crippen LogP contribution in [0.3, 0.4) is 0 Å². The van der Waals surface area contributed by atoms with Crippen LogP contribution in [0.4, 0.5) is 5.69 Å². The maximum Gasteiger partial charge on any atom is 0.271 e. The first-order valence-corrected chi connectivity index (χ1v) is 6.87. The van der Waals surface area contributed by atoms with E-state index in [1.54, 1.807) is 6.92 Å². The predicted molar refractivity (Wildman–Crippen MR) is 82.6 cm³/mol. The zero-order valence-electron chi connectivity index (χ0n) is 13.1. The van der Waals surface area contributed by atoms with Crippen LogP contribution in [-0.4, -0.2) is 26.8 Å². The van der Waals surface area contributed by atoms with Crippen LogP contribution in [0.2, 0.25) is 0 Å². The van der Waals surface area contributed by atoms with Gasteiger partial charge in [-0.3, -0.25) is 9.59 Å². The van der Waals surface area contributed by atoms with E-state index in [1.807, 2.05) is 32.9 Å². The molecule has 0 fully saturated rings. The standard InChI is InChI=1S/C15H19N5O2/c1-8-5-9(2)13(10(3)6-8)17-12(21)7-20-11(4)14(15(16)22)18-19-20/h5-6H,7H2,1-4H3,(H2,16,22)(H,17,21). The first kappa shape index (κ1) is 15.7. The lowest BCUT2D eigenvalue weighted by atomic mass is 10.1. The highest BCUT2D eigenvalue weighted by Gasteiger charge is 2.16. The van der Waals surface area contributed by atoms with Gasteiger partial charge in [0.1, 0.15) is 6.54 Å². The summed E-state index contributed by atoms with van der Waals surface area (Å²) in [7, 11) is 0. The van der Waals surface area contributed by atoms with E-state index < -0.39 is 5.91 Å². The number of carbonyl (C=O) groups excluding carboxylic acids is 2. The van der Waals surface area contributed by atoms with Gasteiger partial charge in [-0.25, -0.2) is 4.68 Å². The van der Waals surface area contributed by atoms with E-state index >= 15 is 0 Å². The van der Waals surface area contributed by atoms with E-state index in [-0.39, 0.29) is 18.1 Å². The first-order chi connectivity index (χ1) is 10.3. The van der Waals surface area contributed by atoms with Crippen molar-refractivity contribution in [3.05, 3.63) is 40.2 Å². The van der Waals surface area contributed by atoms with Crippen molar-refractivity contribution in [3.63, 3.8) is 0 Å². The second-order valence-corrected chi connectivity index (χ2v) is 5.37. The number of hydrogen-bond acceptors (Lipinski definition) is 4. The Morgan fingerprint density at radius 3 is 2.27 bits per heavy atom. The maximum atomic E-state index is 12.2. The molecule has 0 saturated heterocycles. The van der Waals surface area contributed by atoms with Gasteiger partial charge in [0.05, 0.1) is 5.69 Å². The summed E-state index contributed by atoms with van der Waals surface area (Å²) in [6.45, 7) is 7.52. The van der Waals surface area contributed by atoms with Gasteiger partial charge in [-0.05, 0) is 38.8 Å². The van der Waals surface area contributed by atoms with Gasteiger partial charge in [0.2, 0.25) is 5.91 Å². The van der Waals surface area contributed by atoms with Gasteiger partial charge in [-0.1, -0.05) is 22.9 Å². The minimum Gasteiger partial charge on any atom is -0.364 e. The second-order valence-electron chi connectivity index (χ2n) is 5.37. The molecule has 1 heterocycles. The molecule has 1 aromatic heterocycles. The molecule has 0 aliphatic carbocycles. The number of nitrogens with two attached hydrogens (primary N) is 1. The van der Waals surface area contributed by atoms with Crippen LogP contribution in [0.5, 0.6) is 0 Å². The smallest absolute Gasteiger partial charge is 0.271 e. The molecule has 2 amide bonds. The van der Waals surface area contributed by atoms with E-state index in [1.165, 1.54) is 4.68 Å². The summed E-state index contributed by atoms with van der Waals surface area (Å²) in [5, 5.41) is 10.3. The van der Waals surface area contributed by atoms with Crippen LogP contribution in [0, 0.1) is 27.7 Å². The fraction of sp³-hybridized carbons (Fsp3) is 0.333. The number of nitrogens with one attached hydrogen (secondary N) is 1. The Bertz CT molecular complexity index is 725. The normalized spacial score (nSPS) is 10.5. The number of primary amides is 1. The van der Waals surface area contributed by atoms with Crippen LogP contribution in [0.15, 0.2) is 12.1 Å². The molecular formula is C15H19N5O2. The lowest BCUT2D eigenvalue weighted by molar-refractivity contribution is -0.117. The monoisotopic (exact) mass is 301 g/mol. The van der Waals surface area contributed by atoms with Crippen LogP contribution < -0.4 is 11.1 Å². The Kier molecular flexibility index (Phi) is 4.25. The Morgan fingerprint density at radius 2 is 1.77 bits per heavy atom. The molecule has 2 rings (SSSR count). The molecule has 0 spiro atoms. The minimum absolute atomic E-state index is 0.0289. The summed E-state index contributed by atoms with van der Waals surface area (Å²) in [6, 6.07) is 4.02. The molecule has 0 saturated carbocycles. The molecule has 1 aromatic carbocycles. The summed E-state index contributed by atoms with van der Waals surface area (Å²) in [4.78, 5) is 23.3. The third-order valence-electron chi connectivity index (χ3n) is 3.45. The number of aryl methyl sites for hydroxylation is 3. The largest absolute Gasteiger partial charge is 0.364 e. The second kappa shape index (κ2) is 5.97. The highest BCUT2D eigenvalue weighted by atomic mass is 16.2. The molecule has 7 heteroatoms. The summed E-state index contributed by atoms with van der Waals surface area (Å²) in [5.41, 5.74) is 9.67. The average molecular weight is 301 g/mol. The lowest BCUT2D eigenvalue weighted by Gasteiger charge is -2.13. The first-order valence-electron chi connectivity index (χ1n) is 6.87. The molecule has 3 N–H and O–H groups in total. The van der Waals surface area contributed by atoms with Crippen molar-refractivity contribution < 1.29 is 9.59 Å². The topological polar surface area (TPSA) is 103 Å². The lowest BCUT2D eigenvalue weighted by Crippen LogP contribution is -2.22. The Labute approximate surface area is 128 Å². The zero-order valence-corrected chi connectivity index (χ0v) is 13.1. The SMILES string of the molecule is Cc1cc(C)c(NC(=O)Cn2nnc(C(N)=O)c2C)c(C)c1. The van der Waals surface area contributed by atoms with Crippen molar-refractivity contribution in [3.8, 4) is 0 Å². The Hall–Kier alpha value is -2.70. The molecule has 22 heavy (non-hydrogen) atoms. The number of amides is 2. The van der Waals surface area contributed by atoms with Crippen molar-refractivity contribution in [2.24, 2.45) is 5.73 Å². The van der Waals surface area contributed by atoms with E-state index in [9.17, 15) is 9.59 Å². The van der Waals surface area contributed by atoms with Crippen LogP contribution in [-0.2, 0) is 11.3 Å². The summed E-state index contributed by atoms with van der Waals surface area (Å²) in [5.74, 6) is -0.895. The number of rotatable bonds is 4. The third kappa shape index (κ3) is 3.13. The van der Waals surface area contributed by atoms with Gasteiger partial charge >= 0.3 is 0 Å². The molecule has 0 aliphatic heterocycles. The summed E-state index contributed by atoms with van der Waals surface area (Å²) >= 11 is 0. The molecular weight excluding hydrogens is 282 g/mol. The van der Waals surface area contributed by atoms with Crippen LogP contribution in [0.1, 0.15) is 32.9 Å². The quantitative estimate of drug-likeness (QED) is 0.887. The van der Waals surface area contributed by atoms with Crippen molar-refractivity contribution >= 4 is 17.5 Å². The number of anilines is 1. The predicted octanol–water partition coefficient (Wildman–Crippen LogP) is 1.25. The Balaban J connectivity index is 2.16. The van der Waals surface area contributed by atoms with Gasteiger partial charge in [-0.15, -0.1) is 5.10 Å². The van der Waals surface area contributed by atoms with Crippen molar-refractivity contribution in [1.82, 2.24) is 15.0 Å². The maximum absolute atomic E-state index is 12.2. The molecule has 116 valence electrons. The number of carbonyl (C=O) groups is 2. The van der Waals surface area contributed by atoms with Crippen molar-refractivity contribution in [2.45, 2.75) is 34.2 Å². The highest BCUT2D eigenvalue weighted by molar-refractivity contribution is 5.93. The Morgan fingerprint density at radius 1 is 1.18 bits per heavy atom. The van der Waals surface area contributed by atoms with E-state index in [0.29, 0.717) is 5.69 Å². The van der Waals surface area contributed by atoms with Crippen LogP contribution in [0.25, 0.3) is 0 Å². The molecule has 2 aromatic rings. The molecule has 7 nitrogen and oxygen atoms in total. The zero-order chi connectivity index (χ0) is 16.4. The van der Waals surface area contributed by atoms with E-state index in [4.69, 9.17) is 5.73 Å². The molecule has 0 unspecified atom stereocenters. The van der Waals surface area contributed by atoms with E-state index in [0.717, 1.165) is 22.4 Å². The average Bonchev–Trinajstić information content (AvgIpc) is 2.75. The summed E-state index contributed by atoms with van der Waals surface area (Å²) < 4.78 is 1.36. The number of aromatic nitrogens is 3. The number of hydrogen-bond donors (Lipinski definition) is 2. The number of benzene rings is 1. The van der Waals surface area contributed by atoms with Crippen molar-refractivity contribution in [1.29, 1.82) is 0 Å². The van der Waals surface area contributed by atoms with Crippen molar-refractivity contribution in [2.75, 3.05) is 5.32 Å². The molecule has 0 bridgehead atoms. The minimum atomic E-state index is -0.658. The van der Waals surface area contributed by atoms with Gasteiger partial charge in [-0.2, -0.15) is 0 Å². The summed E-state index contributed by atoms with van der Waals surface area (Å²) in [6.07, 6.45) is 0. The molecule has 0 radical (unpaired) electrons. The highest BCUT2D eigenvalue weighted by Crippen LogP contribution is 2.21. The fourth-order valence-electron chi connectivity index (χ4n) is 2.43. The van der Waals surface area contributed by atoms with Gasteiger partial charge < -0.3 is 11.1 Å². The van der Waals surface area contributed by atoms with Gasteiger partial charge in [0, 0.05) is 5.69 Å². The van der Waals surface area contributed by atoms with E-state index in [2.05, 4.69) is 15.6 Å². The fourth-order valence-corrected chi connectivity index (χ4v) is 2.43. The molecule has 0 aliphatic rings. The van der Waals surface area contributed by atoms with Gasteiger partial charge in [0.15, 0.2) is 5.69 Å². The number of nitrogens with zero attached hydrogens (tertiary/aromatic N) is 3. The van der Waals surface area contributed by atoms with Gasteiger partial charge in [0.25, 0.3) is 5.91 Å². The van der Waals surface area contributed by atoms with Crippen LogP contribution >= 0.6 is 0 Å². The third-order valence-corrected chi connectivity index (χ3v) is 3.45. The molecule has 0 atom stereocenters.